The van der Waals surface area contributed by atoms with Crippen molar-refractivity contribution in [2.75, 3.05) is 11.9 Å². The van der Waals surface area contributed by atoms with E-state index in [1.807, 2.05) is 39.0 Å². The third-order valence-corrected chi connectivity index (χ3v) is 5.19. The standard InChI is InChI=1S/C28H26N2O7/c1-4-34-22-5-7-23(8-6-22)35-17-24-9-10-27(37-24)28(31)29-20-14-21(30(32)33)16-26(15-20)36-25-12-18(2)11-19(3)13-25/h5-16H,4,17H2,1-3H3,(H,29,31). The number of nitro benzene ring substituents is 1. The van der Waals surface area contributed by atoms with Crippen molar-refractivity contribution < 1.29 is 28.3 Å². The molecule has 37 heavy (non-hydrogen) atoms. The number of non-ortho nitro benzene ring substituents is 1. The number of carbonyl (C=O) groups excluding carboxylic acids is 1. The second-order valence-corrected chi connectivity index (χ2v) is 8.31. The molecule has 0 aliphatic rings. The molecule has 190 valence electrons. The van der Waals surface area contributed by atoms with Crippen molar-refractivity contribution in [2.45, 2.75) is 27.4 Å². The molecule has 0 spiro atoms. The van der Waals surface area contributed by atoms with Crippen LogP contribution in [0.1, 0.15) is 34.4 Å². The number of aryl methyl sites for hydroxylation is 2. The van der Waals surface area contributed by atoms with Crippen LogP contribution in [0.3, 0.4) is 0 Å². The first-order chi connectivity index (χ1) is 17.8. The Kier molecular flexibility index (Phi) is 7.73. The Bertz CT molecular complexity index is 1390. The molecule has 0 aliphatic heterocycles. The van der Waals surface area contributed by atoms with E-state index in [1.165, 1.54) is 24.3 Å². The number of hydrogen-bond donors (Lipinski definition) is 1. The average Bonchev–Trinajstić information content (AvgIpc) is 3.32. The summed E-state index contributed by atoms with van der Waals surface area (Å²) in [5, 5.41) is 14.1. The monoisotopic (exact) mass is 502 g/mol. The van der Waals surface area contributed by atoms with E-state index in [9.17, 15) is 14.9 Å². The van der Waals surface area contributed by atoms with Crippen LogP contribution in [0.25, 0.3) is 0 Å². The fourth-order valence-corrected chi connectivity index (χ4v) is 3.67. The molecule has 0 unspecified atom stereocenters. The Morgan fingerprint density at radius 1 is 0.865 bits per heavy atom. The molecule has 0 bridgehead atoms. The molecule has 1 aromatic heterocycles. The molecule has 0 saturated carbocycles. The zero-order valence-electron chi connectivity index (χ0n) is 20.6. The van der Waals surface area contributed by atoms with Crippen LogP contribution in [-0.4, -0.2) is 17.4 Å². The molecule has 0 aliphatic carbocycles. The summed E-state index contributed by atoms with van der Waals surface area (Å²) >= 11 is 0. The number of furan rings is 1. The molecule has 4 aromatic rings. The minimum Gasteiger partial charge on any atom is -0.494 e. The first-order valence-corrected chi connectivity index (χ1v) is 11.6. The van der Waals surface area contributed by atoms with E-state index in [4.69, 9.17) is 18.6 Å². The number of anilines is 1. The van der Waals surface area contributed by atoms with E-state index in [0.29, 0.717) is 23.9 Å². The largest absolute Gasteiger partial charge is 0.494 e. The third-order valence-electron chi connectivity index (χ3n) is 5.19. The predicted molar refractivity (Wildman–Crippen MR) is 138 cm³/mol. The Balaban J connectivity index is 1.43. The van der Waals surface area contributed by atoms with Gasteiger partial charge in [0.25, 0.3) is 11.6 Å². The second kappa shape index (κ2) is 11.3. The fourth-order valence-electron chi connectivity index (χ4n) is 3.67. The first kappa shape index (κ1) is 25.3. The molecule has 0 saturated heterocycles. The van der Waals surface area contributed by atoms with Crippen LogP contribution in [0.2, 0.25) is 0 Å². The lowest BCUT2D eigenvalue weighted by Crippen LogP contribution is -2.11. The van der Waals surface area contributed by atoms with E-state index in [2.05, 4.69) is 5.32 Å². The van der Waals surface area contributed by atoms with Gasteiger partial charge >= 0.3 is 0 Å². The molecule has 3 aromatic carbocycles. The lowest BCUT2D eigenvalue weighted by Gasteiger charge is -2.10. The highest BCUT2D eigenvalue weighted by Gasteiger charge is 2.16. The number of hydrogen-bond acceptors (Lipinski definition) is 7. The van der Waals surface area contributed by atoms with E-state index in [-0.39, 0.29) is 29.5 Å². The normalized spacial score (nSPS) is 10.6. The summed E-state index contributed by atoms with van der Waals surface area (Å²) in [6, 6.07) is 20.0. The molecule has 0 radical (unpaired) electrons. The quantitative estimate of drug-likeness (QED) is 0.187. The van der Waals surface area contributed by atoms with E-state index < -0.39 is 10.8 Å². The van der Waals surface area contributed by atoms with Gasteiger partial charge in [-0.2, -0.15) is 0 Å². The Hall–Kier alpha value is -4.79. The second-order valence-electron chi connectivity index (χ2n) is 8.31. The van der Waals surface area contributed by atoms with Crippen LogP contribution < -0.4 is 19.5 Å². The van der Waals surface area contributed by atoms with Crippen LogP contribution in [0.15, 0.2) is 77.2 Å². The maximum Gasteiger partial charge on any atom is 0.291 e. The number of nitrogens with zero attached hydrogens (tertiary/aromatic N) is 1. The maximum absolute atomic E-state index is 12.8. The van der Waals surface area contributed by atoms with E-state index >= 15 is 0 Å². The lowest BCUT2D eigenvalue weighted by atomic mass is 10.1. The van der Waals surface area contributed by atoms with Gasteiger partial charge in [-0.15, -0.1) is 0 Å². The first-order valence-electron chi connectivity index (χ1n) is 11.6. The molecule has 0 fully saturated rings. The van der Waals surface area contributed by atoms with Crippen molar-refractivity contribution in [1.29, 1.82) is 0 Å². The van der Waals surface area contributed by atoms with Gasteiger partial charge in [0.2, 0.25) is 0 Å². The minimum absolute atomic E-state index is 0.0357. The molecule has 9 nitrogen and oxygen atoms in total. The highest BCUT2D eigenvalue weighted by molar-refractivity contribution is 6.02. The van der Waals surface area contributed by atoms with Gasteiger partial charge in [0.15, 0.2) is 5.76 Å². The summed E-state index contributed by atoms with van der Waals surface area (Å²) < 4.78 is 22.6. The van der Waals surface area contributed by atoms with Gasteiger partial charge in [-0.1, -0.05) is 6.07 Å². The molecule has 4 rings (SSSR count). The summed E-state index contributed by atoms with van der Waals surface area (Å²) in [6.07, 6.45) is 0. The Morgan fingerprint density at radius 2 is 1.51 bits per heavy atom. The molecule has 1 heterocycles. The van der Waals surface area contributed by atoms with Crippen LogP contribution in [0.5, 0.6) is 23.0 Å². The van der Waals surface area contributed by atoms with Crippen molar-refractivity contribution in [3.8, 4) is 23.0 Å². The molecule has 1 N–H and O–H groups in total. The molecular weight excluding hydrogens is 476 g/mol. The maximum atomic E-state index is 12.8. The van der Waals surface area contributed by atoms with Crippen molar-refractivity contribution in [3.63, 3.8) is 0 Å². The number of rotatable bonds is 10. The van der Waals surface area contributed by atoms with E-state index in [0.717, 1.165) is 16.9 Å². The van der Waals surface area contributed by atoms with Gasteiger partial charge in [-0.05, 0) is 80.4 Å². The van der Waals surface area contributed by atoms with Crippen molar-refractivity contribution in [1.82, 2.24) is 0 Å². The molecule has 9 heteroatoms. The molecular formula is C28H26N2O7. The van der Waals surface area contributed by atoms with Crippen molar-refractivity contribution in [2.24, 2.45) is 0 Å². The summed E-state index contributed by atoms with van der Waals surface area (Å²) in [5.74, 6) is 2.04. The Labute approximate surface area is 213 Å². The van der Waals surface area contributed by atoms with E-state index in [1.54, 1.807) is 30.3 Å². The van der Waals surface area contributed by atoms with Gasteiger partial charge in [-0.3, -0.25) is 14.9 Å². The number of amides is 1. The van der Waals surface area contributed by atoms with Gasteiger partial charge in [0, 0.05) is 12.1 Å². The zero-order valence-corrected chi connectivity index (χ0v) is 20.6. The topological polar surface area (TPSA) is 113 Å². The third kappa shape index (κ3) is 6.88. The SMILES string of the molecule is CCOc1ccc(OCc2ccc(C(=O)Nc3cc(Oc4cc(C)cc(C)c4)cc([N+](=O)[O-])c3)o2)cc1. The fraction of sp³-hybridized carbons (Fsp3) is 0.179. The van der Waals surface area contributed by atoms with Crippen LogP contribution in [0, 0.1) is 24.0 Å². The summed E-state index contributed by atoms with van der Waals surface area (Å²) in [6.45, 7) is 6.47. The molecule has 1 amide bonds. The van der Waals surface area contributed by atoms with Crippen molar-refractivity contribution in [3.05, 3.63) is 106 Å². The highest BCUT2D eigenvalue weighted by atomic mass is 16.6. The number of carbonyl (C=O) groups is 1. The smallest absolute Gasteiger partial charge is 0.291 e. The zero-order chi connectivity index (χ0) is 26.4. The number of benzene rings is 3. The Morgan fingerprint density at radius 3 is 2.16 bits per heavy atom. The van der Waals surface area contributed by atoms with Crippen molar-refractivity contribution >= 4 is 17.3 Å². The number of nitrogens with one attached hydrogen (secondary N) is 1. The van der Waals surface area contributed by atoms with Gasteiger partial charge in [0.05, 0.1) is 23.3 Å². The van der Waals surface area contributed by atoms with Crippen LogP contribution in [-0.2, 0) is 6.61 Å². The summed E-state index contributed by atoms with van der Waals surface area (Å²) in [4.78, 5) is 23.7. The molecule has 0 atom stereocenters. The van der Waals surface area contributed by atoms with Crippen LogP contribution in [0.4, 0.5) is 11.4 Å². The summed E-state index contributed by atoms with van der Waals surface area (Å²) in [7, 11) is 0. The predicted octanol–water partition coefficient (Wildman–Crippen LogP) is 6.83. The highest BCUT2D eigenvalue weighted by Crippen LogP contribution is 2.31. The summed E-state index contributed by atoms with van der Waals surface area (Å²) in [5.41, 5.74) is 1.96. The van der Waals surface area contributed by atoms with Gasteiger partial charge < -0.3 is 23.9 Å². The number of nitro groups is 1. The van der Waals surface area contributed by atoms with Gasteiger partial charge in [0.1, 0.15) is 35.4 Å². The minimum atomic E-state index is -0.565. The average molecular weight is 503 g/mol. The van der Waals surface area contributed by atoms with Gasteiger partial charge in [-0.25, -0.2) is 0 Å². The van der Waals surface area contributed by atoms with Crippen LogP contribution >= 0.6 is 0 Å². The lowest BCUT2D eigenvalue weighted by molar-refractivity contribution is -0.384. The number of ether oxygens (including phenoxy) is 3.